The third kappa shape index (κ3) is 7.94. The van der Waals surface area contributed by atoms with Crippen molar-refractivity contribution >= 4 is 37.0 Å². The van der Waals surface area contributed by atoms with E-state index in [1.807, 2.05) is 6.66 Å². The van der Waals surface area contributed by atoms with E-state index in [1.54, 1.807) is 10.9 Å². The van der Waals surface area contributed by atoms with Crippen LogP contribution in [0.15, 0.2) is 6.20 Å². The van der Waals surface area contributed by atoms with Crippen LogP contribution in [0.3, 0.4) is 0 Å². The first-order chi connectivity index (χ1) is 18.0. The third-order valence-corrected chi connectivity index (χ3v) is 8.93. The topological polar surface area (TPSA) is 135 Å². The summed E-state index contributed by atoms with van der Waals surface area (Å²) in [5.74, 6) is 1.79. The molecule has 2 saturated carbocycles. The van der Waals surface area contributed by atoms with Gasteiger partial charge in [-0.1, -0.05) is 47.6 Å². The van der Waals surface area contributed by atoms with Crippen LogP contribution >= 0.6 is 20.2 Å². The van der Waals surface area contributed by atoms with Crippen LogP contribution in [0.2, 0.25) is 5.28 Å². The second-order valence-electron chi connectivity index (χ2n) is 9.99. The van der Waals surface area contributed by atoms with Gasteiger partial charge in [-0.25, -0.2) is 4.68 Å². The highest BCUT2D eigenvalue weighted by Crippen LogP contribution is 2.35. The quantitative estimate of drug-likeness (QED) is 0.266. The van der Waals surface area contributed by atoms with Crippen molar-refractivity contribution in [1.82, 2.24) is 19.7 Å². The minimum atomic E-state index is -0.901. The molecule has 3 aliphatic rings. The molecule has 0 spiro atoms. The average molecular weight is 560 g/mol. The molecule has 0 aromatic carbocycles. The van der Waals surface area contributed by atoms with Crippen LogP contribution < -0.4 is 5.32 Å². The fraction of sp³-hybridized carbons (Fsp3) is 0.800. The van der Waals surface area contributed by atoms with Gasteiger partial charge in [0.05, 0.1) is 37.5 Å². The fourth-order valence-electron chi connectivity index (χ4n) is 4.71. The molecule has 1 aliphatic heterocycles. The molecule has 10 nitrogen and oxygen atoms in total. The minimum absolute atomic E-state index is 0.142. The molecule has 3 fully saturated rings. The lowest BCUT2D eigenvalue weighted by Crippen LogP contribution is -2.38. The Hall–Kier alpha value is -1.13. The molecule has 4 N–H and O–H groups in total. The molecule has 0 bridgehead atoms. The maximum atomic E-state index is 9.56. The molecule has 2 aromatic heterocycles. The van der Waals surface area contributed by atoms with E-state index in [0.717, 1.165) is 49.9 Å². The van der Waals surface area contributed by atoms with E-state index < -0.39 is 5.34 Å². The maximum Gasteiger partial charge on any atom is 0.226 e. The van der Waals surface area contributed by atoms with Crippen molar-refractivity contribution in [2.75, 3.05) is 38.9 Å². The zero-order chi connectivity index (χ0) is 26.8. The molecule has 3 atom stereocenters. The Kier molecular flexibility index (Phi) is 12.2. The number of aliphatic hydroxyl groups excluding tert-OH is 3. The van der Waals surface area contributed by atoms with Crippen molar-refractivity contribution in [2.24, 2.45) is 5.92 Å². The summed E-state index contributed by atoms with van der Waals surface area (Å²) >= 11 is 6.21. The van der Waals surface area contributed by atoms with Crippen molar-refractivity contribution < 1.29 is 24.8 Å². The molecule has 210 valence electrons. The van der Waals surface area contributed by atoms with Crippen molar-refractivity contribution in [3.05, 3.63) is 11.5 Å². The summed E-state index contributed by atoms with van der Waals surface area (Å²) in [6, 6.07) is 0.407. The van der Waals surface area contributed by atoms with Gasteiger partial charge in [0.2, 0.25) is 5.28 Å². The Labute approximate surface area is 226 Å². The van der Waals surface area contributed by atoms with Crippen LogP contribution in [0.4, 0.5) is 5.82 Å². The van der Waals surface area contributed by atoms with Gasteiger partial charge in [0.15, 0.2) is 11.9 Å². The van der Waals surface area contributed by atoms with E-state index in [4.69, 9.17) is 26.2 Å². The normalized spacial score (nSPS) is 22.6. The molecule has 1 saturated heterocycles. The summed E-state index contributed by atoms with van der Waals surface area (Å²) in [6.07, 6.45) is 12.1. The first-order valence-corrected chi connectivity index (χ1v) is 15.2. The van der Waals surface area contributed by atoms with Gasteiger partial charge in [0.25, 0.3) is 0 Å². The van der Waals surface area contributed by atoms with Gasteiger partial charge in [0, 0.05) is 13.2 Å². The summed E-state index contributed by atoms with van der Waals surface area (Å²) in [4.78, 5) is 8.79. The Morgan fingerprint density at radius 2 is 1.78 bits per heavy atom. The predicted octanol–water partition coefficient (Wildman–Crippen LogP) is 3.93. The number of halogens is 1. The standard InChI is InChI=1S/C19H29ClN5O4P.C5H10.CH4O/c1-30-19(10-26,11-27)28-9-13-6-7-15(29-13)25-17-14(8-21-25)16(23-18(20)24-17)22-12-4-2-3-5-12;1-5-3-2-4-5;1-2/h8,12-13,15,26-27,30H,2-7,9-11H2,1H3,(H,22,23,24);5H,2-4H2,1H3;2H,1H3. The lowest BCUT2D eigenvalue weighted by Gasteiger charge is -2.30. The lowest BCUT2D eigenvalue weighted by atomic mass is 9.88. The largest absolute Gasteiger partial charge is 0.400 e. The number of ether oxygens (including phenoxy) is 2. The average Bonchev–Trinajstić information content (AvgIpc) is 3.67. The second kappa shape index (κ2) is 14.9. The Balaban J connectivity index is 0.000000478. The zero-order valence-electron chi connectivity index (χ0n) is 22.2. The van der Waals surface area contributed by atoms with Gasteiger partial charge < -0.3 is 30.1 Å². The van der Waals surface area contributed by atoms with Crippen molar-refractivity contribution in [2.45, 2.75) is 88.4 Å². The van der Waals surface area contributed by atoms with E-state index in [1.165, 1.54) is 32.1 Å². The zero-order valence-corrected chi connectivity index (χ0v) is 24.0. The molecular weight excluding hydrogens is 517 g/mol. The summed E-state index contributed by atoms with van der Waals surface area (Å²) in [6.45, 7) is 4.09. The van der Waals surface area contributed by atoms with Crippen LogP contribution in [-0.4, -0.2) is 86.2 Å². The van der Waals surface area contributed by atoms with Crippen LogP contribution in [0.1, 0.15) is 70.9 Å². The molecule has 5 rings (SSSR count). The predicted molar refractivity (Wildman–Crippen MR) is 148 cm³/mol. The summed E-state index contributed by atoms with van der Waals surface area (Å²) in [7, 11) is 1.27. The van der Waals surface area contributed by atoms with E-state index in [0.29, 0.717) is 18.3 Å². The molecule has 3 unspecified atom stereocenters. The van der Waals surface area contributed by atoms with Crippen LogP contribution in [0, 0.1) is 5.92 Å². The molecule has 0 amide bonds. The lowest BCUT2D eigenvalue weighted by molar-refractivity contribution is -0.0988. The summed E-state index contributed by atoms with van der Waals surface area (Å²) in [5.41, 5.74) is 0.650. The monoisotopic (exact) mass is 559 g/mol. The second-order valence-corrected chi connectivity index (χ2v) is 11.7. The molecule has 12 heteroatoms. The number of aromatic nitrogens is 4. The highest BCUT2D eigenvalue weighted by atomic mass is 35.5. The highest BCUT2D eigenvalue weighted by Gasteiger charge is 2.33. The first kappa shape index (κ1) is 30.4. The number of anilines is 1. The van der Waals surface area contributed by atoms with Gasteiger partial charge in [-0.2, -0.15) is 15.1 Å². The molecular formula is C25H43ClN5O5P. The number of nitrogens with one attached hydrogen (secondary N) is 1. The molecule has 3 heterocycles. The number of nitrogens with zero attached hydrogens (tertiary/aromatic N) is 4. The summed E-state index contributed by atoms with van der Waals surface area (Å²) < 4.78 is 13.7. The van der Waals surface area contributed by atoms with Crippen molar-refractivity contribution in [1.29, 1.82) is 0 Å². The SMILES string of the molecule is CC1CCC1.CO.CPC(CO)(CO)OCC1CCC(n2ncc3c(NC4CCCC4)nc(Cl)nc32)O1. The molecule has 0 radical (unpaired) electrons. The summed E-state index contributed by atoms with van der Waals surface area (Å²) in [5, 5.41) is 34.2. The van der Waals surface area contributed by atoms with Crippen molar-refractivity contribution in [3.63, 3.8) is 0 Å². The smallest absolute Gasteiger partial charge is 0.226 e. The van der Waals surface area contributed by atoms with E-state index >= 15 is 0 Å². The number of rotatable bonds is 9. The number of aliphatic hydroxyl groups is 3. The maximum absolute atomic E-state index is 9.56. The fourth-order valence-corrected chi connectivity index (χ4v) is 5.42. The van der Waals surface area contributed by atoms with Gasteiger partial charge >= 0.3 is 0 Å². The van der Waals surface area contributed by atoms with Gasteiger partial charge in [-0.05, 0) is 49.9 Å². The molecule has 2 aromatic rings. The Morgan fingerprint density at radius 3 is 2.35 bits per heavy atom. The Bertz CT molecular complexity index is 945. The molecule has 37 heavy (non-hydrogen) atoms. The third-order valence-electron chi connectivity index (χ3n) is 7.39. The van der Waals surface area contributed by atoms with Crippen LogP contribution in [0.5, 0.6) is 0 Å². The number of hydrogen-bond donors (Lipinski definition) is 4. The van der Waals surface area contributed by atoms with Gasteiger partial charge in [-0.3, -0.25) is 0 Å². The molecule has 2 aliphatic carbocycles. The van der Waals surface area contributed by atoms with Crippen molar-refractivity contribution in [3.8, 4) is 0 Å². The highest BCUT2D eigenvalue weighted by molar-refractivity contribution is 7.38. The van der Waals surface area contributed by atoms with Crippen LogP contribution in [0.25, 0.3) is 11.0 Å². The van der Waals surface area contributed by atoms with Crippen LogP contribution in [-0.2, 0) is 9.47 Å². The number of hydrogen-bond acceptors (Lipinski definition) is 9. The number of fused-ring (bicyclic) bond motifs is 1. The minimum Gasteiger partial charge on any atom is -0.400 e. The first-order valence-electron chi connectivity index (χ1n) is 13.3. The van der Waals surface area contributed by atoms with E-state index in [2.05, 4.69) is 27.3 Å². The van der Waals surface area contributed by atoms with E-state index in [9.17, 15) is 10.2 Å². The van der Waals surface area contributed by atoms with Gasteiger partial charge in [0.1, 0.15) is 11.2 Å². The van der Waals surface area contributed by atoms with E-state index in [-0.39, 0.29) is 39.4 Å². The van der Waals surface area contributed by atoms with Gasteiger partial charge in [-0.15, -0.1) is 0 Å². The Morgan fingerprint density at radius 1 is 1.11 bits per heavy atom.